The number of nitrogens with zero attached hydrogens (tertiary/aromatic N) is 2. The van der Waals surface area contributed by atoms with Gasteiger partial charge < -0.3 is 10.4 Å². The van der Waals surface area contributed by atoms with Crippen LogP contribution in [-0.4, -0.2) is 27.1 Å². The molecule has 2 unspecified atom stereocenters. The Morgan fingerprint density at radius 1 is 1.21 bits per heavy atom. The maximum Gasteiger partial charge on any atom is 0.308 e. The topological polar surface area (TPSA) is 75.1 Å². The number of aliphatic carboxylic acids is 1. The molecule has 3 rings (SSSR count). The Balaban J connectivity index is 1.80. The highest BCUT2D eigenvalue weighted by molar-refractivity contribution is 5.72. The first-order chi connectivity index (χ1) is 9.25. The van der Waals surface area contributed by atoms with E-state index < -0.39 is 5.97 Å². The van der Waals surface area contributed by atoms with Gasteiger partial charge in [0.1, 0.15) is 12.1 Å². The summed E-state index contributed by atoms with van der Waals surface area (Å²) in [5.41, 5.74) is 2.32. The second-order valence-electron chi connectivity index (χ2n) is 5.48. The van der Waals surface area contributed by atoms with E-state index in [2.05, 4.69) is 15.3 Å². The fourth-order valence-corrected chi connectivity index (χ4v) is 3.26. The molecule has 2 N–H and O–H groups in total. The van der Waals surface area contributed by atoms with Gasteiger partial charge in [0.25, 0.3) is 0 Å². The molecule has 0 spiro atoms. The molecule has 1 aromatic heterocycles. The second-order valence-corrected chi connectivity index (χ2v) is 5.48. The summed E-state index contributed by atoms with van der Waals surface area (Å²) in [5, 5.41) is 12.7. The van der Waals surface area contributed by atoms with E-state index in [1.54, 1.807) is 6.33 Å². The predicted molar refractivity (Wildman–Crippen MR) is 71.1 cm³/mol. The number of fused-ring (bicyclic) bond motifs is 1. The number of carboxylic acids is 1. The molecular formula is C14H19N3O2. The van der Waals surface area contributed by atoms with E-state index in [-0.39, 0.29) is 12.0 Å². The number of hydrogen-bond donors (Lipinski definition) is 2. The molecule has 2 aliphatic rings. The Kier molecular flexibility index (Phi) is 3.36. The molecule has 0 aliphatic heterocycles. The van der Waals surface area contributed by atoms with Crippen molar-refractivity contribution < 1.29 is 9.90 Å². The van der Waals surface area contributed by atoms with Gasteiger partial charge in [-0.15, -0.1) is 0 Å². The molecule has 2 aliphatic carbocycles. The molecule has 0 amide bonds. The van der Waals surface area contributed by atoms with Gasteiger partial charge in [-0.3, -0.25) is 4.79 Å². The molecule has 5 heteroatoms. The van der Waals surface area contributed by atoms with Gasteiger partial charge in [0.05, 0.1) is 5.92 Å². The van der Waals surface area contributed by atoms with Crippen LogP contribution in [0.15, 0.2) is 6.33 Å². The number of carboxylic acid groups (broad SMARTS) is 1. The highest BCUT2D eigenvalue weighted by atomic mass is 16.4. The van der Waals surface area contributed by atoms with E-state index in [0.29, 0.717) is 0 Å². The summed E-state index contributed by atoms with van der Waals surface area (Å²) >= 11 is 0. The molecule has 1 heterocycles. The first-order valence-corrected chi connectivity index (χ1v) is 7.08. The third-order valence-corrected chi connectivity index (χ3v) is 4.28. The second kappa shape index (κ2) is 5.15. The summed E-state index contributed by atoms with van der Waals surface area (Å²) in [7, 11) is 0. The summed E-state index contributed by atoms with van der Waals surface area (Å²) in [5.74, 6) is -0.121. The molecule has 1 fully saturated rings. The molecule has 19 heavy (non-hydrogen) atoms. The monoisotopic (exact) mass is 261 g/mol. The normalized spacial score (nSPS) is 25.9. The van der Waals surface area contributed by atoms with E-state index in [0.717, 1.165) is 56.5 Å². The fourth-order valence-electron chi connectivity index (χ4n) is 3.26. The zero-order valence-electron chi connectivity index (χ0n) is 10.9. The molecule has 5 nitrogen and oxygen atoms in total. The molecule has 1 saturated carbocycles. The van der Waals surface area contributed by atoms with Gasteiger partial charge >= 0.3 is 5.97 Å². The van der Waals surface area contributed by atoms with Crippen LogP contribution in [0.25, 0.3) is 0 Å². The third-order valence-electron chi connectivity index (χ3n) is 4.28. The molecule has 102 valence electrons. The fraction of sp³-hybridized carbons (Fsp3) is 0.643. The summed E-state index contributed by atoms with van der Waals surface area (Å²) in [6.45, 7) is 0. The van der Waals surface area contributed by atoms with Gasteiger partial charge in [0.2, 0.25) is 0 Å². The SMILES string of the molecule is O=C(O)C1CCCCC1Nc1ncnc2c1CCC2. The molecule has 1 aromatic rings. The van der Waals surface area contributed by atoms with Crippen LogP contribution in [0.4, 0.5) is 5.82 Å². The van der Waals surface area contributed by atoms with Crippen molar-refractivity contribution in [1.82, 2.24) is 9.97 Å². The minimum atomic E-state index is -0.692. The van der Waals surface area contributed by atoms with E-state index in [1.807, 2.05) is 0 Å². The lowest BCUT2D eigenvalue weighted by Crippen LogP contribution is -2.37. The summed E-state index contributed by atoms with van der Waals surface area (Å²) < 4.78 is 0. The zero-order valence-corrected chi connectivity index (χ0v) is 10.9. The largest absolute Gasteiger partial charge is 0.481 e. The lowest BCUT2D eigenvalue weighted by molar-refractivity contribution is -0.143. The van der Waals surface area contributed by atoms with Gasteiger partial charge in [-0.1, -0.05) is 12.8 Å². The van der Waals surface area contributed by atoms with Crippen molar-refractivity contribution in [3.8, 4) is 0 Å². The van der Waals surface area contributed by atoms with Crippen molar-refractivity contribution in [2.24, 2.45) is 5.92 Å². The first-order valence-electron chi connectivity index (χ1n) is 7.08. The lowest BCUT2D eigenvalue weighted by Gasteiger charge is -2.30. The van der Waals surface area contributed by atoms with Crippen molar-refractivity contribution in [2.75, 3.05) is 5.32 Å². The molecule has 0 aromatic carbocycles. The average molecular weight is 261 g/mol. The zero-order chi connectivity index (χ0) is 13.2. The number of nitrogens with one attached hydrogen (secondary N) is 1. The van der Waals surface area contributed by atoms with Gasteiger partial charge in [-0.05, 0) is 32.1 Å². The number of hydrogen-bond acceptors (Lipinski definition) is 4. The van der Waals surface area contributed by atoms with Crippen LogP contribution in [0.5, 0.6) is 0 Å². The van der Waals surface area contributed by atoms with Crippen LogP contribution >= 0.6 is 0 Å². The number of rotatable bonds is 3. The standard InChI is InChI=1S/C14H19N3O2/c18-14(19)10-4-1-2-6-12(10)17-13-9-5-3-7-11(9)15-8-16-13/h8,10,12H,1-7H2,(H,18,19)(H,15,16,17). The van der Waals surface area contributed by atoms with Crippen LogP contribution < -0.4 is 5.32 Å². The van der Waals surface area contributed by atoms with Crippen molar-refractivity contribution in [3.63, 3.8) is 0 Å². The minimum Gasteiger partial charge on any atom is -0.481 e. The van der Waals surface area contributed by atoms with Crippen LogP contribution in [0.2, 0.25) is 0 Å². The van der Waals surface area contributed by atoms with Crippen molar-refractivity contribution in [2.45, 2.75) is 51.0 Å². The van der Waals surface area contributed by atoms with Gasteiger partial charge in [0, 0.05) is 17.3 Å². The average Bonchev–Trinajstić information content (AvgIpc) is 2.88. The van der Waals surface area contributed by atoms with Crippen molar-refractivity contribution in [3.05, 3.63) is 17.6 Å². The van der Waals surface area contributed by atoms with Gasteiger partial charge in [-0.2, -0.15) is 0 Å². The Labute approximate surface area is 112 Å². The van der Waals surface area contributed by atoms with E-state index in [4.69, 9.17) is 0 Å². The quantitative estimate of drug-likeness (QED) is 0.870. The smallest absolute Gasteiger partial charge is 0.308 e. The maximum atomic E-state index is 11.3. The molecule has 2 atom stereocenters. The third kappa shape index (κ3) is 2.41. The number of aromatic nitrogens is 2. The summed E-state index contributed by atoms with van der Waals surface area (Å²) in [6.07, 6.45) is 8.51. The number of carbonyl (C=O) groups is 1. The van der Waals surface area contributed by atoms with Crippen LogP contribution in [0.1, 0.15) is 43.4 Å². The van der Waals surface area contributed by atoms with Gasteiger partial charge in [-0.25, -0.2) is 9.97 Å². The minimum absolute atomic E-state index is 0.00542. The van der Waals surface area contributed by atoms with Crippen LogP contribution in [0, 0.1) is 5.92 Å². The summed E-state index contributed by atoms with van der Waals surface area (Å²) in [6, 6.07) is 0.00542. The van der Waals surface area contributed by atoms with Crippen LogP contribution in [0.3, 0.4) is 0 Å². The van der Waals surface area contributed by atoms with E-state index in [9.17, 15) is 9.90 Å². The lowest BCUT2D eigenvalue weighted by atomic mass is 9.84. The number of anilines is 1. The van der Waals surface area contributed by atoms with Crippen molar-refractivity contribution in [1.29, 1.82) is 0 Å². The highest BCUT2D eigenvalue weighted by Gasteiger charge is 2.31. The van der Waals surface area contributed by atoms with E-state index >= 15 is 0 Å². The maximum absolute atomic E-state index is 11.3. The summed E-state index contributed by atoms with van der Waals surface area (Å²) in [4.78, 5) is 19.9. The first kappa shape index (κ1) is 12.4. The molecule has 0 bridgehead atoms. The predicted octanol–water partition coefficient (Wildman–Crippen LogP) is 2.02. The van der Waals surface area contributed by atoms with E-state index in [1.165, 1.54) is 5.56 Å². The highest BCUT2D eigenvalue weighted by Crippen LogP contribution is 2.30. The van der Waals surface area contributed by atoms with Crippen molar-refractivity contribution >= 4 is 11.8 Å². The molecule has 0 saturated heterocycles. The Morgan fingerprint density at radius 2 is 2.05 bits per heavy atom. The molecule has 0 radical (unpaired) electrons. The molecular weight excluding hydrogens is 242 g/mol. The van der Waals surface area contributed by atoms with Crippen LogP contribution in [-0.2, 0) is 17.6 Å². The number of aryl methyl sites for hydroxylation is 1. The Morgan fingerprint density at radius 3 is 2.89 bits per heavy atom. The Bertz CT molecular complexity index is 490. The van der Waals surface area contributed by atoms with Gasteiger partial charge in [0.15, 0.2) is 0 Å². The Hall–Kier alpha value is -1.65.